The summed E-state index contributed by atoms with van der Waals surface area (Å²) < 4.78 is 40.8. The molecule has 0 radical (unpaired) electrons. The minimum absolute atomic E-state index is 0.883. The smallest absolute Gasteiger partial charge is 0.143 e. The molecule has 0 saturated carbocycles. The molecule has 0 atom stereocenters. The fourth-order valence-corrected chi connectivity index (χ4v) is 22.1. The van der Waals surface area contributed by atoms with Crippen LogP contribution in [0, 0.1) is 13.8 Å². The predicted molar refractivity (Wildman–Crippen MR) is 513 cm³/mol. The van der Waals surface area contributed by atoms with E-state index >= 15 is 0 Å². The maximum atomic E-state index is 6.97. The Kier molecular flexibility index (Phi) is 13.2. The highest BCUT2D eigenvalue weighted by Crippen LogP contribution is 2.56. The van der Waals surface area contributed by atoms with Gasteiger partial charge in [0.05, 0.1) is 0 Å². The molecule has 0 fully saturated rings. The van der Waals surface area contributed by atoms with Gasteiger partial charge in [-0.2, -0.15) is 0 Å². The molecule has 0 amide bonds. The third-order valence-electron chi connectivity index (χ3n) is 27.0. The van der Waals surface area contributed by atoms with Crippen molar-refractivity contribution in [1.82, 2.24) is 0 Å². The molecule has 0 N–H and O–H groups in total. The summed E-state index contributed by atoms with van der Waals surface area (Å²) in [7, 11) is 0. The standard InChI is InChI=1S/C46H26O2.C36H22O2.C34H16O2/c1-3-13-27(14-4-1)35-25-37-41-33-21-11-24-40-44(33)42(34-22-12-23-39(43(34)41)47-45(37)31-19-9-7-17-29(31)35)38-26-36(28-15-5-2-6-16-28)30-18-8-10-20-32(30)46(38)48-40;1-19-17-27-31-25-13-7-16-30-34(25)32(28-18-20(2)22-10-4-6-12-24(22)36(28)38-30)26-14-8-15-29(33(26)31)37-35(27)23-11-5-3-9-21(19)23;1-2-7-19-17(5-1)11-14-24-28(19)31-22-9-4-10-23-29(22)34-30-21(13-16-26(36-24)33(30)31)20-8-3-6-18-12-15-25(35-23)32(34)27(18)20/h1-26H;3-18H,1-2H3;1-16H. The lowest BCUT2D eigenvalue weighted by Gasteiger charge is -2.22. The van der Waals surface area contributed by atoms with Crippen LogP contribution in [0.4, 0.5) is 0 Å². The Labute approximate surface area is 692 Å². The maximum Gasteiger partial charge on any atom is 0.143 e. The first-order valence-corrected chi connectivity index (χ1v) is 41.9. The zero-order valence-electron chi connectivity index (χ0n) is 65.9. The molecule has 6 aromatic heterocycles. The molecule has 0 aliphatic carbocycles. The van der Waals surface area contributed by atoms with Crippen LogP contribution in [-0.4, -0.2) is 0 Å². The van der Waals surface area contributed by atoms with E-state index in [1.54, 1.807) is 0 Å². The molecule has 0 aliphatic rings. The van der Waals surface area contributed by atoms with Gasteiger partial charge in [0.2, 0.25) is 0 Å². The van der Waals surface area contributed by atoms with Gasteiger partial charge in [0.15, 0.2) is 0 Å². The molecule has 24 aromatic carbocycles. The van der Waals surface area contributed by atoms with Crippen LogP contribution >= 0.6 is 0 Å². The van der Waals surface area contributed by atoms with E-state index in [-0.39, 0.29) is 0 Å². The zero-order valence-corrected chi connectivity index (χ0v) is 65.9. The van der Waals surface area contributed by atoms with Gasteiger partial charge in [-0.05, 0) is 201 Å². The Morgan fingerprint density at radius 1 is 0.139 bits per heavy atom. The molecule has 6 nitrogen and oxygen atoms in total. The summed E-state index contributed by atoms with van der Waals surface area (Å²) in [5, 5.41) is 45.4. The van der Waals surface area contributed by atoms with E-state index in [1.807, 2.05) is 0 Å². The fourth-order valence-electron chi connectivity index (χ4n) is 22.1. The summed E-state index contributed by atoms with van der Waals surface area (Å²) in [6.45, 7) is 4.39. The second-order valence-corrected chi connectivity index (χ2v) is 33.3. The van der Waals surface area contributed by atoms with Crippen molar-refractivity contribution in [3.8, 4) is 22.3 Å². The maximum absolute atomic E-state index is 6.97. The van der Waals surface area contributed by atoms with Crippen LogP contribution in [0.25, 0.3) is 294 Å². The minimum Gasteiger partial charge on any atom is -0.456 e. The van der Waals surface area contributed by atoms with E-state index < -0.39 is 0 Å². The lowest BCUT2D eigenvalue weighted by atomic mass is 9.83. The van der Waals surface area contributed by atoms with Crippen molar-refractivity contribution in [3.05, 3.63) is 363 Å². The molecule has 122 heavy (non-hydrogen) atoms. The van der Waals surface area contributed by atoms with Gasteiger partial charge < -0.3 is 26.5 Å². The predicted octanol–water partition coefficient (Wildman–Crippen LogP) is 34.3. The molecule has 0 aliphatic heterocycles. The molecule has 6 heteroatoms. The summed E-state index contributed by atoms with van der Waals surface area (Å²) >= 11 is 0. The third kappa shape index (κ3) is 8.80. The Morgan fingerprint density at radius 3 is 0.877 bits per heavy atom. The van der Waals surface area contributed by atoms with E-state index in [0.717, 1.165) is 121 Å². The van der Waals surface area contributed by atoms with Crippen LogP contribution in [0.5, 0.6) is 0 Å². The first-order chi connectivity index (χ1) is 60.4. The summed E-state index contributed by atoms with van der Waals surface area (Å²) in [5.74, 6) is 0. The van der Waals surface area contributed by atoms with Crippen LogP contribution in [-0.2, 0) is 0 Å². The van der Waals surface area contributed by atoms with E-state index in [9.17, 15) is 0 Å². The number of benzene rings is 24. The Balaban J connectivity index is 0.0000000953. The number of hydrogen-bond acceptors (Lipinski definition) is 6. The van der Waals surface area contributed by atoms with Crippen LogP contribution in [0.3, 0.4) is 0 Å². The van der Waals surface area contributed by atoms with Gasteiger partial charge in [-0.15, -0.1) is 0 Å². The molecule has 0 bridgehead atoms. The zero-order chi connectivity index (χ0) is 79.6. The van der Waals surface area contributed by atoms with E-state index in [4.69, 9.17) is 26.5 Å². The lowest BCUT2D eigenvalue weighted by molar-refractivity contribution is 0.661. The summed E-state index contributed by atoms with van der Waals surface area (Å²) in [5.41, 5.74) is 18.2. The lowest BCUT2D eigenvalue weighted by Crippen LogP contribution is -1.94. The molecule has 0 unspecified atom stereocenters. The monoisotopic (exact) mass is 1550 g/mol. The van der Waals surface area contributed by atoms with Crippen LogP contribution in [0.15, 0.2) is 378 Å². The largest absolute Gasteiger partial charge is 0.456 e. The van der Waals surface area contributed by atoms with Gasteiger partial charge in [0.25, 0.3) is 0 Å². The van der Waals surface area contributed by atoms with Crippen molar-refractivity contribution >= 4 is 272 Å². The topological polar surface area (TPSA) is 78.8 Å². The molecule has 30 aromatic rings. The van der Waals surface area contributed by atoms with Gasteiger partial charge in [-0.1, -0.05) is 273 Å². The van der Waals surface area contributed by atoms with E-state index in [0.29, 0.717) is 0 Å². The first-order valence-electron chi connectivity index (χ1n) is 41.9. The highest BCUT2D eigenvalue weighted by atomic mass is 16.3. The molecular weight excluding hydrogens is 1490 g/mol. The Hall–Kier alpha value is -16.0. The minimum atomic E-state index is 0.883. The van der Waals surface area contributed by atoms with Crippen LogP contribution < -0.4 is 0 Å². The van der Waals surface area contributed by atoms with E-state index in [2.05, 4.69) is 366 Å². The van der Waals surface area contributed by atoms with Gasteiger partial charge >= 0.3 is 0 Å². The van der Waals surface area contributed by atoms with Gasteiger partial charge in [0.1, 0.15) is 67.0 Å². The average molecular weight is 1550 g/mol. The highest BCUT2D eigenvalue weighted by molar-refractivity contribution is 6.50. The SMILES string of the molecule is Cc1cc2c(oc3cccc4c3c2c2cccc3oc5c6ccccc6c(C)cc5c4c32)c2ccccc12.c1ccc(-c2cc3c(oc4cccc5c4c3c3cccc4oc6c7ccccc7c(-c7ccccc7)cc6c5c43)c3ccccc23)cc1.c1ccc2c(c1)ccc1oc3ccc4c5cccc6ccc7oc8cccc9c8c(c7c65)c4c3c9c12. The molecule has 0 spiro atoms. The fraction of sp³-hybridized carbons (Fsp3) is 0.0172. The summed E-state index contributed by atoms with van der Waals surface area (Å²) in [4.78, 5) is 0. The number of hydrogen-bond donors (Lipinski definition) is 0. The van der Waals surface area contributed by atoms with Crippen molar-refractivity contribution in [3.63, 3.8) is 0 Å². The van der Waals surface area contributed by atoms with Crippen molar-refractivity contribution in [2.45, 2.75) is 13.8 Å². The highest BCUT2D eigenvalue weighted by Gasteiger charge is 2.30. The van der Waals surface area contributed by atoms with E-state index in [1.165, 1.54) is 184 Å². The third-order valence-corrected chi connectivity index (χ3v) is 27.0. The molecule has 30 rings (SSSR count). The molecule has 564 valence electrons. The summed E-state index contributed by atoms with van der Waals surface area (Å²) in [6.07, 6.45) is 0. The van der Waals surface area contributed by atoms with Crippen molar-refractivity contribution in [2.75, 3.05) is 0 Å². The normalized spacial score (nSPS) is 12.5. The number of aryl methyl sites for hydroxylation is 2. The Bertz CT molecular complexity index is 9490. The van der Waals surface area contributed by atoms with Crippen LogP contribution in [0.2, 0.25) is 0 Å². The number of fused-ring (bicyclic) bond motifs is 26. The van der Waals surface area contributed by atoms with Crippen molar-refractivity contribution in [1.29, 1.82) is 0 Å². The van der Waals surface area contributed by atoms with Gasteiger partial charge in [-0.3, -0.25) is 0 Å². The second-order valence-electron chi connectivity index (χ2n) is 33.3. The first kappa shape index (κ1) is 66.0. The average Bonchev–Trinajstić information content (AvgIpc) is 0.674. The molecular formula is C116H64O6. The Morgan fingerprint density at radius 2 is 0.418 bits per heavy atom. The molecule has 6 heterocycles. The second kappa shape index (κ2) is 24.3. The van der Waals surface area contributed by atoms with Crippen LogP contribution in [0.1, 0.15) is 11.1 Å². The van der Waals surface area contributed by atoms with Crippen molar-refractivity contribution in [2.24, 2.45) is 0 Å². The van der Waals surface area contributed by atoms with Gasteiger partial charge in [0, 0.05) is 129 Å². The quantitative estimate of drug-likeness (QED) is 0.127. The van der Waals surface area contributed by atoms with Gasteiger partial charge in [-0.25, -0.2) is 0 Å². The van der Waals surface area contributed by atoms with Crippen molar-refractivity contribution < 1.29 is 26.5 Å². The number of rotatable bonds is 2. The molecule has 0 saturated heterocycles. The summed E-state index contributed by atoms with van der Waals surface area (Å²) in [6, 6.07) is 126.